The van der Waals surface area contributed by atoms with Crippen molar-refractivity contribution in [3.63, 3.8) is 0 Å². The predicted molar refractivity (Wildman–Crippen MR) is 316 cm³/mol. The number of rotatable bonds is 5. The van der Waals surface area contributed by atoms with Gasteiger partial charge in [-0.1, -0.05) is 210 Å². The third-order valence-corrected chi connectivity index (χ3v) is 16.9. The van der Waals surface area contributed by atoms with Crippen LogP contribution in [-0.2, 0) is 21.7 Å². The van der Waals surface area contributed by atoms with Crippen molar-refractivity contribution >= 4 is 63.3 Å². The molecule has 0 amide bonds. The van der Waals surface area contributed by atoms with Crippen molar-refractivity contribution in [2.24, 2.45) is 0 Å². The smallest absolute Gasteiger partial charge is 0.333 e. The van der Waals surface area contributed by atoms with Crippen LogP contribution in [0.1, 0.15) is 127 Å². The Labute approximate surface area is 440 Å². The molecule has 0 unspecified atom stereocenters. The van der Waals surface area contributed by atoms with Gasteiger partial charge in [-0.05, 0) is 155 Å². The van der Waals surface area contributed by atoms with Crippen LogP contribution >= 0.6 is 0 Å². The lowest BCUT2D eigenvalue weighted by Gasteiger charge is -2.51. The molecule has 0 fully saturated rings. The van der Waals surface area contributed by atoms with Crippen LogP contribution < -0.4 is 25.5 Å². The Morgan fingerprint density at radius 2 is 0.919 bits per heavy atom. The fourth-order valence-corrected chi connectivity index (χ4v) is 13.1. The number of hydrogen-bond acceptors (Lipinski definition) is 3. The van der Waals surface area contributed by atoms with Crippen LogP contribution in [0.25, 0.3) is 22.3 Å². The highest BCUT2D eigenvalue weighted by Crippen LogP contribution is 2.64. The summed E-state index contributed by atoms with van der Waals surface area (Å²) in [6.07, 6.45) is 0. The summed E-state index contributed by atoms with van der Waals surface area (Å²) >= 11 is 0. The number of anilines is 8. The summed E-state index contributed by atoms with van der Waals surface area (Å²) in [5.41, 5.74) is 27.6. The number of fused-ring (bicyclic) bond motifs is 13. The SMILES string of the molecule is CC(C)c1cc2c3c(c1)N1c4ccccc4C4(c5ccccc5-c5ccccc54)c4cccc(c41)B3N(c1ccc(C(C)(C)C)cc1)c1cc(N(c3ccc(C(C)(C)C)cc3)c3ccc(C(C)(C)C)cc3)ccc1-2. The molecule has 0 saturated heterocycles. The topological polar surface area (TPSA) is 9.72 Å². The minimum absolute atomic E-state index is 0.00349. The molecule has 0 saturated carbocycles. The maximum Gasteiger partial charge on any atom is 0.333 e. The Bertz CT molecular complexity index is 3610. The summed E-state index contributed by atoms with van der Waals surface area (Å²) in [4.78, 5) is 7.83. The average Bonchev–Trinajstić information content (AvgIpc) is 3.75. The second-order valence-electron chi connectivity index (χ2n) is 24.8. The van der Waals surface area contributed by atoms with Crippen molar-refractivity contribution < 1.29 is 0 Å². The van der Waals surface area contributed by atoms with Gasteiger partial charge in [0.15, 0.2) is 0 Å². The van der Waals surface area contributed by atoms with Gasteiger partial charge in [-0.2, -0.15) is 0 Å². The van der Waals surface area contributed by atoms with Gasteiger partial charge in [-0.25, -0.2) is 0 Å². The second-order valence-corrected chi connectivity index (χ2v) is 24.8. The lowest BCUT2D eigenvalue weighted by atomic mass is 9.42. The predicted octanol–water partition coefficient (Wildman–Crippen LogP) is 17.6. The van der Waals surface area contributed by atoms with Gasteiger partial charge >= 0.3 is 6.85 Å². The lowest BCUT2D eigenvalue weighted by molar-refractivity contribution is 0.590. The van der Waals surface area contributed by atoms with Gasteiger partial charge in [0.05, 0.1) is 11.1 Å². The van der Waals surface area contributed by atoms with Gasteiger partial charge in [-0.15, -0.1) is 0 Å². The number of benzene rings is 9. The first-order valence-electron chi connectivity index (χ1n) is 26.9. The molecule has 13 rings (SSSR count). The lowest BCUT2D eigenvalue weighted by Crippen LogP contribution is -2.62. The Hall–Kier alpha value is -7.56. The highest BCUT2D eigenvalue weighted by atomic mass is 15.2. The average molecular weight is 960 g/mol. The molecule has 0 radical (unpaired) electrons. The maximum atomic E-state index is 2.70. The highest BCUT2D eigenvalue weighted by Gasteiger charge is 2.55. The Morgan fingerprint density at radius 1 is 0.419 bits per heavy atom. The van der Waals surface area contributed by atoms with Crippen molar-refractivity contribution in [3.05, 3.63) is 239 Å². The van der Waals surface area contributed by atoms with E-state index in [2.05, 4.69) is 285 Å². The zero-order chi connectivity index (χ0) is 51.2. The van der Waals surface area contributed by atoms with Gasteiger partial charge in [0, 0.05) is 45.4 Å². The quantitative estimate of drug-likeness (QED) is 0.159. The first kappa shape index (κ1) is 46.2. The second kappa shape index (κ2) is 16.2. The van der Waals surface area contributed by atoms with Crippen molar-refractivity contribution in [2.45, 2.75) is 104 Å². The third kappa shape index (κ3) is 6.72. The van der Waals surface area contributed by atoms with Crippen LogP contribution in [0.3, 0.4) is 0 Å². The molecule has 0 N–H and O–H groups in total. The Morgan fingerprint density at radius 3 is 1.47 bits per heavy atom. The molecule has 9 aromatic rings. The van der Waals surface area contributed by atoms with E-state index in [-0.39, 0.29) is 23.1 Å². The zero-order valence-corrected chi connectivity index (χ0v) is 45.0. The van der Waals surface area contributed by atoms with E-state index >= 15 is 0 Å². The molecule has 4 aliphatic rings. The largest absolute Gasteiger partial charge is 0.376 e. The van der Waals surface area contributed by atoms with E-state index in [0.717, 1.165) is 17.1 Å². The minimum atomic E-state index is -0.522. The molecule has 0 aromatic heterocycles. The summed E-state index contributed by atoms with van der Waals surface area (Å²) in [5, 5.41) is 0. The first-order chi connectivity index (χ1) is 35.4. The molecule has 0 bridgehead atoms. The van der Waals surface area contributed by atoms with Gasteiger partial charge in [0.1, 0.15) is 0 Å². The molecule has 4 heteroatoms. The molecule has 1 aliphatic carbocycles. The van der Waals surface area contributed by atoms with Crippen LogP contribution in [0.4, 0.5) is 45.5 Å². The summed E-state index contributed by atoms with van der Waals surface area (Å²) in [7, 11) is 0. The van der Waals surface area contributed by atoms with Crippen molar-refractivity contribution in [3.8, 4) is 22.3 Å². The van der Waals surface area contributed by atoms with Gasteiger partial charge in [-0.3, -0.25) is 0 Å². The van der Waals surface area contributed by atoms with E-state index in [4.69, 9.17) is 0 Å². The highest BCUT2D eigenvalue weighted by molar-refractivity contribution is 6.93. The Kier molecular flexibility index (Phi) is 10.1. The molecule has 0 atom stereocenters. The van der Waals surface area contributed by atoms with Gasteiger partial charge in [0.25, 0.3) is 0 Å². The summed E-state index contributed by atoms with van der Waals surface area (Å²) < 4.78 is 0. The first-order valence-corrected chi connectivity index (χ1v) is 26.9. The monoisotopic (exact) mass is 960 g/mol. The van der Waals surface area contributed by atoms with Crippen LogP contribution in [-0.4, -0.2) is 6.85 Å². The van der Waals surface area contributed by atoms with E-state index in [1.165, 1.54) is 106 Å². The minimum Gasteiger partial charge on any atom is -0.376 e. The van der Waals surface area contributed by atoms with Crippen LogP contribution in [0.5, 0.6) is 0 Å². The van der Waals surface area contributed by atoms with Crippen LogP contribution in [0, 0.1) is 0 Å². The van der Waals surface area contributed by atoms with Crippen LogP contribution in [0.2, 0.25) is 0 Å². The van der Waals surface area contributed by atoms with Gasteiger partial charge in [0.2, 0.25) is 0 Å². The molecule has 9 aromatic carbocycles. The molecule has 3 nitrogen and oxygen atoms in total. The Balaban J connectivity index is 1.12. The van der Waals surface area contributed by atoms with E-state index in [1.54, 1.807) is 0 Å². The molecular formula is C70H66BN3. The van der Waals surface area contributed by atoms with E-state index in [0.29, 0.717) is 5.92 Å². The molecule has 3 aliphatic heterocycles. The van der Waals surface area contributed by atoms with Crippen molar-refractivity contribution in [2.75, 3.05) is 14.6 Å². The summed E-state index contributed by atoms with van der Waals surface area (Å²) in [6.45, 7) is 25.3. The number of nitrogens with zero attached hydrogens (tertiary/aromatic N) is 3. The maximum absolute atomic E-state index is 2.70. The molecule has 3 heterocycles. The van der Waals surface area contributed by atoms with Crippen molar-refractivity contribution in [1.82, 2.24) is 0 Å². The fraction of sp³-hybridized carbons (Fsp3) is 0.229. The van der Waals surface area contributed by atoms with Crippen LogP contribution in [0.15, 0.2) is 194 Å². The molecular weight excluding hydrogens is 894 g/mol. The molecule has 1 spiro atoms. The summed E-state index contributed by atoms with van der Waals surface area (Å²) in [5.74, 6) is 0.305. The third-order valence-electron chi connectivity index (χ3n) is 16.9. The standard InChI is InChI=1S/C70H66BN3/c1-44(2)45-41-56-55-40-39-52(72(49-33-27-46(28-34-49)67(3,4)5)50-35-29-47(30-36-50)68(6,7)8)43-63(55)74(51-37-31-48(32-38-51)69(9,10)11)71-61-25-18-24-60-66(61)73(64(42-45)65(56)71)62-26-17-16-23-59(62)70(60)57-21-14-12-19-53(57)54-20-13-15-22-58(54)70/h12-44H,1-11H3. The normalized spacial score (nSPS) is 14.6. The number of para-hydroxylation sites is 2. The zero-order valence-electron chi connectivity index (χ0n) is 45.0. The summed E-state index contributed by atoms with van der Waals surface area (Å²) in [6, 6.07) is 75.3. The number of hydrogen-bond donors (Lipinski definition) is 0. The molecule has 74 heavy (non-hydrogen) atoms. The van der Waals surface area contributed by atoms with E-state index in [9.17, 15) is 0 Å². The van der Waals surface area contributed by atoms with Gasteiger partial charge < -0.3 is 14.6 Å². The van der Waals surface area contributed by atoms with E-state index < -0.39 is 5.41 Å². The molecule has 364 valence electrons. The van der Waals surface area contributed by atoms with E-state index in [1.807, 2.05) is 0 Å². The van der Waals surface area contributed by atoms with Crippen molar-refractivity contribution in [1.29, 1.82) is 0 Å². The fourth-order valence-electron chi connectivity index (χ4n) is 13.1.